The number of hydrogen-bond donors (Lipinski definition) is 1. The molecule has 0 unspecified atom stereocenters. The van der Waals surface area contributed by atoms with Gasteiger partial charge in [0.05, 0.1) is 0 Å². The molecule has 17 heavy (non-hydrogen) atoms. The fraction of sp³-hybridized carbons (Fsp3) is 0.600. The summed E-state index contributed by atoms with van der Waals surface area (Å²) in [6.45, 7) is 7.58. The molecule has 1 N–H and O–H groups in total. The fourth-order valence-electron chi connectivity index (χ4n) is 2.31. The van der Waals surface area contributed by atoms with Gasteiger partial charge in [-0.1, -0.05) is 12.1 Å². The summed E-state index contributed by atoms with van der Waals surface area (Å²) < 4.78 is 12.9. The van der Waals surface area contributed by atoms with Gasteiger partial charge in [0.15, 0.2) is 0 Å². The molecular weight excluding hydrogens is 213 g/mol. The Bertz CT molecular complexity index is 371. The zero-order valence-corrected chi connectivity index (χ0v) is 11.0. The van der Waals surface area contributed by atoms with E-state index in [1.165, 1.54) is 18.4 Å². The lowest BCUT2D eigenvalue weighted by Crippen LogP contribution is -2.37. The highest BCUT2D eigenvalue weighted by Crippen LogP contribution is 2.50. The van der Waals surface area contributed by atoms with E-state index in [1.54, 1.807) is 12.1 Å². The highest BCUT2D eigenvalue weighted by molar-refractivity contribution is 5.31. The lowest BCUT2D eigenvalue weighted by atomic mass is 9.92. The van der Waals surface area contributed by atoms with Crippen LogP contribution in [0.1, 0.15) is 45.6 Å². The Labute approximate surface area is 103 Å². The summed E-state index contributed by atoms with van der Waals surface area (Å²) >= 11 is 0. The topological polar surface area (TPSA) is 12.0 Å². The predicted octanol–water partition coefficient (Wildman–Crippen LogP) is 3.64. The third kappa shape index (κ3) is 3.29. The third-order valence-electron chi connectivity index (χ3n) is 3.57. The maximum absolute atomic E-state index is 12.9. The van der Waals surface area contributed by atoms with E-state index >= 15 is 0 Å². The molecule has 1 fully saturated rings. The fourth-order valence-corrected chi connectivity index (χ4v) is 2.31. The van der Waals surface area contributed by atoms with Crippen LogP contribution in [0.3, 0.4) is 0 Å². The van der Waals surface area contributed by atoms with Crippen LogP contribution < -0.4 is 5.32 Å². The summed E-state index contributed by atoms with van der Waals surface area (Å²) in [7, 11) is 0. The van der Waals surface area contributed by atoms with Crippen molar-refractivity contribution in [3.8, 4) is 0 Å². The Morgan fingerprint density at radius 1 is 1.18 bits per heavy atom. The predicted molar refractivity (Wildman–Crippen MR) is 69.7 cm³/mol. The lowest BCUT2D eigenvalue weighted by Gasteiger charge is -2.23. The van der Waals surface area contributed by atoms with E-state index in [4.69, 9.17) is 0 Å². The second kappa shape index (κ2) is 4.41. The maximum atomic E-state index is 12.9. The molecule has 0 bridgehead atoms. The Balaban J connectivity index is 1.94. The van der Waals surface area contributed by atoms with Crippen molar-refractivity contribution < 1.29 is 4.39 Å². The molecule has 0 spiro atoms. The largest absolute Gasteiger partial charge is 0.312 e. The molecule has 2 rings (SSSR count). The Kier molecular flexibility index (Phi) is 3.26. The minimum Gasteiger partial charge on any atom is -0.312 e. The van der Waals surface area contributed by atoms with E-state index in [2.05, 4.69) is 26.1 Å². The van der Waals surface area contributed by atoms with Crippen molar-refractivity contribution in [3.63, 3.8) is 0 Å². The molecule has 0 amide bonds. The molecule has 0 aliphatic heterocycles. The van der Waals surface area contributed by atoms with Crippen LogP contribution in [0.4, 0.5) is 4.39 Å². The molecule has 1 saturated carbocycles. The molecule has 94 valence electrons. The smallest absolute Gasteiger partial charge is 0.123 e. The second-order valence-corrected chi connectivity index (χ2v) is 6.21. The van der Waals surface area contributed by atoms with Gasteiger partial charge in [-0.3, -0.25) is 0 Å². The summed E-state index contributed by atoms with van der Waals surface area (Å²) in [6.07, 6.45) is 3.63. The highest BCUT2D eigenvalue weighted by atomic mass is 19.1. The van der Waals surface area contributed by atoms with Gasteiger partial charge >= 0.3 is 0 Å². The van der Waals surface area contributed by atoms with Crippen LogP contribution in [0.2, 0.25) is 0 Å². The first-order valence-corrected chi connectivity index (χ1v) is 6.42. The number of halogens is 1. The molecule has 0 aromatic heterocycles. The molecule has 2 heteroatoms. The highest BCUT2D eigenvalue weighted by Gasteiger charge is 2.43. The zero-order valence-electron chi connectivity index (χ0n) is 11.0. The van der Waals surface area contributed by atoms with Crippen molar-refractivity contribution >= 4 is 0 Å². The van der Waals surface area contributed by atoms with Gasteiger partial charge in [0, 0.05) is 5.54 Å². The van der Waals surface area contributed by atoms with Crippen molar-refractivity contribution in [2.24, 2.45) is 0 Å². The van der Waals surface area contributed by atoms with Crippen LogP contribution in [0, 0.1) is 5.82 Å². The molecule has 0 radical (unpaired) electrons. The van der Waals surface area contributed by atoms with Crippen LogP contribution in [0.25, 0.3) is 0 Å². The first-order chi connectivity index (χ1) is 7.91. The van der Waals surface area contributed by atoms with Gasteiger partial charge in [-0.15, -0.1) is 0 Å². The molecule has 0 saturated heterocycles. The molecule has 1 nitrogen and oxygen atoms in total. The summed E-state index contributed by atoms with van der Waals surface area (Å²) in [5.41, 5.74) is 1.81. The van der Waals surface area contributed by atoms with E-state index in [1.807, 2.05) is 12.1 Å². The third-order valence-corrected chi connectivity index (χ3v) is 3.57. The SMILES string of the molecule is CC(C)(C)NCCC1(c2ccc(F)cc2)CC1. The van der Waals surface area contributed by atoms with Crippen LogP contribution in [0.5, 0.6) is 0 Å². The molecule has 1 aromatic carbocycles. The van der Waals surface area contributed by atoms with Crippen molar-refractivity contribution in [2.75, 3.05) is 6.54 Å². The van der Waals surface area contributed by atoms with Crippen LogP contribution >= 0.6 is 0 Å². The van der Waals surface area contributed by atoms with Crippen LogP contribution in [-0.4, -0.2) is 12.1 Å². The standard InChI is InChI=1S/C15H22FN/c1-14(2,3)17-11-10-15(8-9-15)12-4-6-13(16)7-5-12/h4-7,17H,8-11H2,1-3H3. The maximum Gasteiger partial charge on any atom is 0.123 e. The van der Waals surface area contributed by atoms with Gasteiger partial charge in [-0.2, -0.15) is 0 Å². The molecule has 1 aliphatic carbocycles. The molecular formula is C15H22FN. The van der Waals surface area contributed by atoms with E-state index in [-0.39, 0.29) is 11.4 Å². The molecule has 1 aliphatic rings. The van der Waals surface area contributed by atoms with Crippen molar-refractivity contribution in [2.45, 2.75) is 51.0 Å². The summed E-state index contributed by atoms with van der Waals surface area (Å²) in [5, 5.41) is 3.53. The van der Waals surface area contributed by atoms with Crippen molar-refractivity contribution in [1.82, 2.24) is 5.32 Å². The minimum atomic E-state index is -0.141. The first-order valence-electron chi connectivity index (χ1n) is 6.42. The number of benzene rings is 1. The summed E-state index contributed by atoms with van der Waals surface area (Å²) in [5.74, 6) is -0.141. The lowest BCUT2D eigenvalue weighted by molar-refractivity contribution is 0.406. The number of nitrogens with one attached hydrogen (secondary N) is 1. The van der Waals surface area contributed by atoms with Crippen molar-refractivity contribution in [3.05, 3.63) is 35.6 Å². The van der Waals surface area contributed by atoms with E-state index < -0.39 is 0 Å². The second-order valence-electron chi connectivity index (χ2n) is 6.21. The summed E-state index contributed by atoms with van der Waals surface area (Å²) in [4.78, 5) is 0. The average molecular weight is 235 g/mol. The normalized spacial score (nSPS) is 18.1. The van der Waals surface area contributed by atoms with Gasteiger partial charge in [-0.25, -0.2) is 4.39 Å². The van der Waals surface area contributed by atoms with Gasteiger partial charge in [0.25, 0.3) is 0 Å². The monoisotopic (exact) mass is 235 g/mol. The van der Waals surface area contributed by atoms with E-state index in [0.29, 0.717) is 5.41 Å². The molecule has 0 heterocycles. The van der Waals surface area contributed by atoms with Crippen LogP contribution in [0.15, 0.2) is 24.3 Å². The Morgan fingerprint density at radius 3 is 2.24 bits per heavy atom. The van der Waals surface area contributed by atoms with Gasteiger partial charge in [-0.05, 0) is 69.7 Å². The van der Waals surface area contributed by atoms with Crippen molar-refractivity contribution in [1.29, 1.82) is 0 Å². The molecule has 1 aromatic rings. The number of hydrogen-bond acceptors (Lipinski definition) is 1. The number of rotatable bonds is 4. The van der Waals surface area contributed by atoms with Gasteiger partial charge < -0.3 is 5.32 Å². The minimum absolute atomic E-state index is 0.141. The van der Waals surface area contributed by atoms with Crippen LogP contribution in [-0.2, 0) is 5.41 Å². The Hall–Kier alpha value is -0.890. The zero-order chi connectivity index (χ0) is 12.5. The molecule has 0 atom stereocenters. The first kappa shape index (κ1) is 12.6. The van der Waals surface area contributed by atoms with E-state index in [9.17, 15) is 4.39 Å². The summed E-state index contributed by atoms with van der Waals surface area (Å²) in [6, 6.07) is 7.04. The average Bonchev–Trinajstić information content (AvgIpc) is 2.98. The van der Waals surface area contributed by atoms with Gasteiger partial charge in [0.2, 0.25) is 0 Å². The van der Waals surface area contributed by atoms with Gasteiger partial charge in [0.1, 0.15) is 5.82 Å². The van der Waals surface area contributed by atoms with E-state index in [0.717, 1.165) is 13.0 Å². The Morgan fingerprint density at radius 2 is 1.76 bits per heavy atom. The quantitative estimate of drug-likeness (QED) is 0.840.